The van der Waals surface area contributed by atoms with Crippen molar-refractivity contribution >= 4 is 22.9 Å². The molecule has 1 amide bonds. The van der Waals surface area contributed by atoms with E-state index < -0.39 is 0 Å². The summed E-state index contributed by atoms with van der Waals surface area (Å²) in [5.74, 6) is 0.0235. The van der Waals surface area contributed by atoms with Crippen molar-refractivity contribution in [2.75, 3.05) is 18.4 Å². The van der Waals surface area contributed by atoms with Crippen LogP contribution >= 0.6 is 11.3 Å². The lowest BCUT2D eigenvalue weighted by Crippen LogP contribution is -2.31. The van der Waals surface area contributed by atoms with Gasteiger partial charge >= 0.3 is 0 Å². The number of benzene rings is 1. The first-order valence-corrected chi connectivity index (χ1v) is 6.80. The minimum Gasteiger partial charge on any atom is -0.376 e. The SMILES string of the molecule is O=C(CNc1ccccc1)NCCc1cccs1. The molecule has 0 saturated carbocycles. The molecule has 18 heavy (non-hydrogen) atoms. The van der Waals surface area contributed by atoms with Gasteiger partial charge in [0.2, 0.25) is 5.91 Å². The van der Waals surface area contributed by atoms with Crippen LogP contribution in [0.3, 0.4) is 0 Å². The van der Waals surface area contributed by atoms with Crippen LogP contribution in [0.5, 0.6) is 0 Å². The summed E-state index contributed by atoms with van der Waals surface area (Å²) in [7, 11) is 0. The topological polar surface area (TPSA) is 41.1 Å². The molecule has 0 aliphatic carbocycles. The lowest BCUT2D eigenvalue weighted by Gasteiger charge is -2.07. The number of para-hydroxylation sites is 1. The highest BCUT2D eigenvalue weighted by Crippen LogP contribution is 2.08. The average molecular weight is 260 g/mol. The summed E-state index contributed by atoms with van der Waals surface area (Å²) in [4.78, 5) is 12.9. The third-order valence-electron chi connectivity index (χ3n) is 2.50. The molecule has 0 atom stereocenters. The number of nitrogens with one attached hydrogen (secondary N) is 2. The number of hydrogen-bond acceptors (Lipinski definition) is 3. The molecule has 1 heterocycles. The van der Waals surface area contributed by atoms with E-state index in [-0.39, 0.29) is 5.91 Å². The van der Waals surface area contributed by atoms with Crippen molar-refractivity contribution in [1.82, 2.24) is 5.32 Å². The summed E-state index contributed by atoms with van der Waals surface area (Å²) >= 11 is 1.72. The fourth-order valence-electron chi connectivity index (χ4n) is 1.58. The molecule has 1 aromatic carbocycles. The summed E-state index contributed by atoms with van der Waals surface area (Å²) in [6, 6.07) is 13.8. The molecule has 0 aliphatic heterocycles. The second kappa shape index (κ2) is 6.81. The van der Waals surface area contributed by atoms with E-state index in [1.165, 1.54) is 4.88 Å². The van der Waals surface area contributed by atoms with E-state index in [0.29, 0.717) is 13.1 Å². The number of amides is 1. The van der Waals surface area contributed by atoms with Gasteiger partial charge in [-0.05, 0) is 30.0 Å². The van der Waals surface area contributed by atoms with E-state index in [2.05, 4.69) is 16.7 Å². The summed E-state index contributed by atoms with van der Waals surface area (Å²) < 4.78 is 0. The van der Waals surface area contributed by atoms with Crippen molar-refractivity contribution in [2.24, 2.45) is 0 Å². The summed E-state index contributed by atoms with van der Waals surface area (Å²) in [6.07, 6.45) is 0.898. The van der Waals surface area contributed by atoms with Crippen molar-refractivity contribution in [1.29, 1.82) is 0 Å². The Kier molecular flexibility index (Phi) is 4.78. The Hall–Kier alpha value is -1.81. The van der Waals surface area contributed by atoms with Crippen LogP contribution in [0.2, 0.25) is 0 Å². The fourth-order valence-corrected chi connectivity index (χ4v) is 2.29. The zero-order chi connectivity index (χ0) is 12.6. The van der Waals surface area contributed by atoms with Gasteiger partial charge in [-0.2, -0.15) is 0 Å². The molecule has 0 unspecified atom stereocenters. The van der Waals surface area contributed by atoms with Crippen LogP contribution in [-0.2, 0) is 11.2 Å². The molecule has 0 radical (unpaired) electrons. The van der Waals surface area contributed by atoms with Gasteiger partial charge < -0.3 is 10.6 Å². The minimum atomic E-state index is 0.0235. The van der Waals surface area contributed by atoms with Crippen LogP contribution in [0, 0.1) is 0 Å². The van der Waals surface area contributed by atoms with Crippen LogP contribution in [0.15, 0.2) is 47.8 Å². The Bertz CT molecular complexity index is 468. The molecular weight excluding hydrogens is 244 g/mol. The molecule has 2 rings (SSSR count). The van der Waals surface area contributed by atoms with Gasteiger partial charge in [-0.25, -0.2) is 0 Å². The first kappa shape index (κ1) is 12.6. The molecule has 0 spiro atoms. The molecule has 1 aromatic heterocycles. The zero-order valence-electron chi connectivity index (χ0n) is 10.1. The first-order valence-electron chi connectivity index (χ1n) is 5.92. The predicted molar refractivity (Wildman–Crippen MR) is 76.0 cm³/mol. The highest BCUT2D eigenvalue weighted by atomic mass is 32.1. The molecule has 0 bridgehead atoms. The zero-order valence-corrected chi connectivity index (χ0v) is 10.9. The summed E-state index contributed by atoms with van der Waals surface area (Å²) in [5, 5.41) is 8.02. The maximum atomic E-state index is 11.6. The quantitative estimate of drug-likeness (QED) is 0.838. The van der Waals surface area contributed by atoms with E-state index in [9.17, 15) is 4.79 Å². The molecule has 2 aromatic rings. The Morgan fingerprint density at radius 2 is 1.94 bits per heavy atom. The van der Waals surface area contributed by atoms with Gasteiger partial charge in [0.05, 0.1) is 6.54 Å². The van der Waals surface area contributed by atoms with Crippen LogP contribution in [-0.4, -0.2) is 19.0 Å². The third-order valence-corrected chi connectivity index (χ3v) is 3.44. The monoisotopic (exact) mass is 260 g/mol. The van der Waals surface area contributed by atoms with E-state index in [0.717, 1.165) is 12.1 Å². The molecular formula is C14H16N2OS. The number of anilines is 1. The van der Waals surface area contributed by atoms with Crippen molar-refractivity contribution in [3.8, 4) is 0 Å². The van der Waals surface area contributed by atoms with Gasteiger partial charge in [0, 0.05) is 17.1 Å². The lowest BCUT2D eigenvalue weighted by molar-refractivity contribution is -0.119. The van der Waals surface area contributed by atoms with Crippen LogP contribution in [0.1, 0.15) is 4.88 Å². The first-order chi connectivity index (χ1) is 8.84. The van der Waals surface area contributed by atoms with E-state index in [1.54, 1.807) is 11.3 Å². The molecule has 0 saturated heterocycles. The Labute approximate surface area is 111 Å². The van der Waals surface area contributed by atoms with Gasteiger partial charge in [0.1, 0.15) is 0 Å². The van der Waals surface area contributed by atoms with Crippen molar-refractivity contribution in [3.05, 3.63) is 52.7 Å². The maximum Gasteiger partial charge on any atom is 0.239 e. The van der Waals surface area contributed by atoms with E-state index in [1.807, 2.05) is 41.8 Å². The second-order valence-electron chi connectivity index (χ2n) is 3.90. The number of thiophene rings is 1. The Morgan fingerprint density at radius 1 is 1.11 bits per heavy atom. The van der Waals surface area contributed by atoms with Crippen molar-refractivity contribution in [3.63, 3.8) is 0 Å². The van der Waals surface area contributed by atoms with Gasteiger partial charge in [0.15, 0.2) is 0 Å². The van der Waals surface area contributed by atoms with Crippen molar-refractivity contribution < 1.29 is 4.79 Å². The fraction of sp³-hybridized carbons (Fsp3) is 0.214. The van der Waals surface area contributed by atoms with Gasteiger partial charge in [-0.3, -0.25) is 4.79 Å². The molecule has 0 fully saturated rings. The Balaban J connectivity index is 1.63. The largest absolute Gasteiger partial charge is 0.376 e. The molecule has 4 heteroatoms. The van der Waals surface area contributed by atoms with Gasteiger partial charge in [0.25, 0.3) is 0 Å². The standard InChI is InChI=1S/C14H16N2OS/c17-14(11-16-12-5-2-1-3-6-12)15-9-8-13-7-4-10-18-13/h1-7,10,16H,8-9,11H2,(H,15,17). The van der Waals surface area contributed by atoms with Crippen LogP contribution in [0.25, 0.3) is 0 Å². The number of hydrogen-bond donors (Lipinski definition) is 2. The molecule has 2 N–H and O–H groups in total. The summed E-state index contributed by atoms with van der Waals surface area (Å²) in [5.41, 5.74) is 0.964. The molecule has 94 valence electrons. The maximum absolute atomic E-state index is 11.6. The predicted octanol–water partition coefficient (Wildman–Crippen LogP) is 2.52. The van der Waals surface area contributed by atoms with Gasteiger partial charge in [-0.15, -0.1) is 11.3 Å². The number of carbonyl (C=O) groups is 1. The highest BCUT2D eigenvalue weighted by molar-refractivity contribution is 7.09. The number of rotatable bonds is 6. The molecule has 3 nitrogen and oxygen atoms in total. The molecule has 0 aliphatic rings. The third kappa shape index (κ3) is 4.22. The highest BCUT2D eigenvalue weighted by Gasteiger charge is 2.00. The second-order valence-corrected chi connectivity index (χ2v) is 4.93. The van der Waals surface area contributed by atoms with Crippen LogP contribution < -0.4 is 10.6 Å². The normalized spacial score (nSPS) is 10.0. The van der Waals surface area contributed by atoms with Gasteiger partial charge in [-0.1, -0.05) is 24.3 Å². The van der Waals surface area contributed by atoms with E-state index >= 15 is 0 Å². The number of carbonyl (C=O) groups excluding carboxylic acids is 1. The van der Waals surface area contributed by atoms with Crippen molar-refractivity contribution in [2.45, 2.75) is 6.42 Å². The smallest absolute Gasteiger partial charge is 0.239 e. The summed E-state index contributed by atoms with van der Waals surface area (Å²) in [6.45, 7) is 1.00. The van der Waals surface area contributed by atoms with E-state index in [4.69, 9.17) is 0 Å². The lowest BCUT2D eigenvalue weighted by atomic mass is 10.3. The average Bonchev–Trinajstić information content (AvgIpc) is 2.91. The minimum absolute atomic E-state index is 0.0235. The van der Waals surface area contributed by atoms with Crippen LogP contribution in [0.4, 0.5) is 5.69 Å². The Morgan fingerprint density at radius 3 is 2.67 bits per heavy atom.